The number of carbonyl (C=O) groups is 1. The van der Waals surface area contributed by atoms with E-state index in [4.69, 9.17) is 9.84 Å². The Morgan fingerprint density at radius 2 is 2.35 bits per heavy atom. The van der Waals surface area contributed by atoms with Crippen LogP contribution < -0.4 is 10.1 Å². The number of pyridine rings is 1. The molecule has 0 aromatic carbocycles. The lowest BCUT2D eigenvalue weighted by Crippen LogP contribution is -2.52. The Morgan fingerprint density at radius 3 is 3.05 bits per heavy atom. The predicted octanol–water partition coefficient (Wildman–Crippen LogP) is 1.42. The number of aryl methyl sites for hydroxylation is 2. The molecule has 2 N–H and O–H groups in total. The monoisotopic (exact) mass is 279 g/mol. The number of rotatable bonds is 4. The maximum atomic E-state index is 10.9. The third-order valence-corrected chi connectivity index (χ3v) is 3.43. The number of nitrogens with one attached hydrogen (secondary N) is 1. The Balaban J connectivity index is 1.79. The van der Waals surface area contributed by atoms with Crippen LogP contribution >= 0.6 is 0 Å². The van der Waals surface area contributed by atoms with Crippen LogP contribution in [0.5, 0.6) is 5.75 Å². The molecule has 0 saturated carbocycles. The number of hydrogen-bond donors (Lipinski definition) is 2. The fourth-order valence-corrected chi connectivity index (χ4v) is 2.33. The molecular formula is C14H21N3O3. The zero-order valence-electron chi connectivity index (χ0n) is 11.9. The lowest BCUT2D eigenvalue weighted by atomic mass is 10.1. The van der Waals surface area contributed by atoms with Gasteiger partial charge in [-0.3, -0.25) is 4.98 Å². The van der Waals surface area contributed by atoms with Crippen molar-refractivity contribution in [3.05, 3.63) is 23.5 Å². The zero-order valence-corrected chi connectivity index (χ0v) is 11.9. The minimum absolute atomic E-state index is 0.151. The van der Waals surface area contributed by atoms with Gasteiger partial charge in [0, 0.05) is 31.4 Å². The number of aromatic nitrogens is 1. The van der Waals surface area contributed by atoms with E-state index in [1.165, 1.54) is 4.90 Å². The summed E-state index contributed by atoms with van der Waals surface area (Å²) in [5.74, 6) is 0.793. The Hall–Kier alpha value is -1.82. The van der Waals surface area contributed by atoms with E-state index in [1.807, 2.05) is 26.0 Å². The summed E-state index contributed by atoms with van der Waals surface area (Å²) in [6, 6.07) is 4.00. The van der Waals surface area contributed by atoms with Crippen molar-refractivity contribution in [2.45, 2.75) is 26.3 Å². The first kappa shape index (κ1) is 14.6. The Labute approximate surface area is 118 Å². The van der Waals surface area contributed by atoms with Crippen molar-refractivity contribution in [1.82, 2.24) is 15.2 Å². The molecule has 6 heteroatoms. The molecule has 1 aliphatic heterocycles. The molecule has 1 amide bonds. The average Bonchev–Trinajstić information content (AvgIpc) is 2.41. The molecule has 1 saturated heterocycles. The van der Waals surface area contributed by atoms with Gasteiger partial charge in [0.2, 0.25) is 0 Å². The summed E-state index contributed by atoms with van der Waals surface area (Å²) in [7, 11) is 0. The highest BCUT2D eigenvalue weighted by Gasteiger charge is 2.22. The van der Waals surface area contributed by atoms with Gasteiger partial charge in [0.15, 0.2) is 0 Å². The SMILES string of the molecule is Cc1ccc(OCC[C@@H]2CN(C(=O)O)CCN2)c(C)n1. The second-order valence-electron chi connectivity index (χ2n) is 5.05. The molecule has 20 heavy (non-hydrogen) atoms. The zero-order chi connectivity index (χ0) is 14.5. The Bertz CT molecular complexity index is 479. The highest BCUT2D eigenvalue weighted by Crippen LogP contribution is 2.16. The van der Waals surface area contributed by atoms with Crippen molar-refractivity contribution >= 4 is 6.09 Å². The van der Waals surface area contributed by atoms with Crippen LogP contribution in [0.4, 0.5) is 4.79 Å². The first-order valence-corrected chi connectivity index (χ1v) is 6.84. The van der Waals surface area contributed by atoms with Gasteiger partial charge in [0.05, 0.1) is 12.3 Å². The predicted molar refractivity (Wildman–Crippen MR) is 75.2 cm³/mol. The number of amides is 1. The molecule has 2 heterocycles. The summed E-state index contributed by atoms with van der Waals surface area (Å²) >= 11 is 0. The minimum Gasteiger partial charge on any atom is -0.492 e. The normalized spacial score (nSPS) is 18.9. The van der Waals surface area contributed by atoms with Crippen molar-refractivity contribution in [2.75, 3.05) is 26.2 Å². The van der Waals surface area contributed by atoms with Gasteiger partial charge >= 0.3 is 6.09 Å². The Kier molecular flexibility index (Phi) is 4.79. The standard InChI is InChI=1S/C14H21N3O3/c1-10-3-4-13(11(2)16-10)20-8-5-12-9-17(14(18)19)7-6-15-12/h3-4,12,15H,5-9H2,1-2H3,(H,18,19)/t12-/m1/s1. The van der Waals surface area contributed by atoms with Gasteiger partial charge in [-0.1, -0.05) is 0 Å². The summed E-state index contributed by atoms with van der Waals surface area (Å²) in [5.41, 5.74) is 1.86. The molecule has 1 atom stereocenters. The summed E-state index contributed by atoms with van der Waals surface area (Å²) in [5, 5.41) is 12.3. The van der Waals surface area contributed by atoms with Crippen molar-refractivity contribution in [2.24, 2.45) is 0 Å². The third kappa shape index (κ3) is 3.84. The van der Waals surface area contributed by atoms with Crippen LogP contribution in [0.25, 0.3) is 0 Å². The molecule has 1 fully saturated rings. The van der Waals surface area contributed by atoms with Gasteiger partial charge in [0.1, 0.15) is 5.75 Å². The lowest BCUT2D eigenvalue weighted by molar-refractivity contribution is 0.124. The van der Waals surface area contributed by atoms with E-state index < -0.39 is 6.09 Å². The molecule has 0 radical (unpaired) electrons. The summed E-state index contributed by atoms with van der Waals surface area (Å²) < 4.78 is 5.72. The van der Waals surface area contributed by atoms with E-state index in [-0.39, 0.29) is 6.04 Å². The number of hydrogen-bond acceptors (Lipinski definition) is 4. The molecule has 1 aliphatic rings. The van der Waals surface area contributed by atoms with Crippen LogP contribution in [0.15, 0.2) is 12.1 Å². The molecule has 1 aromatic rings. The molecule has 2 rings (SSSR count). The third-order valence-electron chi connectivity index (χ3n) is 3.43. The van der Waals surface area contributed by atoms with E-state index in [2.05, 4.69) is 10.3 Å². The van der Waals surface area contributed by atoms with Crippen LogP contribution in [-0.2, 0) is 0 Å². The highest BCUT2D eigenvalue weighted by atomic mass is 16.5. The van der Waals surface area contributed by atoms with Gasteiger partial charge in [-0.2, -0.15) is 0 Å². The number of piperazine rings is 1. The maximum absolute atomic E-state index is 10.9. The first-order chi connectivity index (χ1) is 9.56. The second kappa shape index (κ2) is 6.56. The second-order valence-corrected chi connectivity index (χ2v) is 5.05. The van der Waals surface area contributed by atoms with Crippen molar-refractivity contribution < 1.29 is 14.6 Å². The van der Waals surface area contributed by atoms with E-state index >= 15 is 0 Å². The van der Waals surface area contributed by atoms with Crippen LogP contribution in [-0.4, -0.2) is 53.4 Å². The van der Waals surface area contributed by atoms with E-state index in [0.29, 0.717) is 26.2 Å². The maximum Gasteiger partial charge on any atom is 0.407 e. The molecular weight excluding hydrogens is 258 g/mol. The largest absolute Gasteiger partial charge is 0.492 e. The van der Waals surface area contributed by atoms with Gasteiger partial charge < -0.3 is 20.1 Å². The average molecular weight is 279 g/mol. The smallest absolute Gasteiger partial charge is 0.407 e. The fraction of sp³-hybridized carbons (Fsp3) is 0.571. The molecule has 1 aromatic heterocycles. The van der Waals surface area contributed by atoms with Crippen LogP contribution in [0.3, 0.4) is 0 Å². The summed E-state index contributed by atoms with van der Waals surface area (Å²) in [6.45, 7) is 6.19. The molecule has 0 aliphatic carbocycles. The van der Waals surface area contributed by atoms with Gasteiger partial charge in [0.25, 0.3) is 0 Å². The van der Waals surface area contributed by atoms with E-state index in [9.17, 15) is 4.79 Å². The van der Waals surface area contributed by atoms with Crippen molar-refractivity contribution in [3.63, 3.8) is 0 Å². The van der Waals surface area contributed by atoms with E-state index in [0.717, 1.165) is 23.6 Å². The van der Waals surface area contributed by atoms with Gasteiger partial charge in [-0.15, -0.1) is 0 Å². The van der Waals surface area contributed by atoms with Crippen LogP contribution in [0.1, 0.15) is 17.8 Å². The number of nitrogens with zero attached hydrogens (tertiary/aromatic N) is 2. The van der Waals surface area contributed by atoms with Crippen LogP contribution in [0, 0.1) is 13.8 Å². The summed E-state index contributed by atoms with van der Waals surface area (Å²) in [6.07, 6.45) is -0.0760. The number of ether oxygens (including phenoxy) is 1. The lowest BCUT2D eigenvalue weighted by Gasteiger charge is -2.31. The quantitative estimate of drug-likeness (QED) is 0.872. The topological polar surface area (TPSA) is 74.7 Å². The van der Waals surface area contributed by atoms with E-state index in [1.54, 1.807) is 0 Å². The van der Waals surface area contributed by atoms with Gasteiger partial charge in [-0.25, -0.2) is 4.79 Å². The molecule has 6 nitrogen and oxygen atoms in total. The summed E-state index contributed by atoms with van der Waals surface area (Å²) in [4.78, 5) is 16.7. The van der Waals surface area contributed by atoms with Crippen molar-refractivity contribution in [3.8, 4) is 5.75 Å². The first-order valence-electron chi connectivity index (χ1n) is 6.84. The highest BCUT2D eigenvalue weighted by molar-refractivity contribution is 5.65. The number of carboxylic acid groups (broad SMARTS) is 1. The van der Waals surface area contributed by atoms with Crippen molar-refractivity contribution in [1.29, 1.82) is 0 Å². The van der Waals surface area contributed by atoms with Gasteiger partial charge in [-0.05, 0) is 32.4 Å². The molecule has 110 valence electrons. The Morgan fingerprint density at radius 1 is 1.55 bits per heavy atom. The van der Waals surface area contributed by atoms with Crippen LogP contribution in [0.2, 0.25) is 0 Å². The fourth-order valence-electron chi connectivity index (χ4n) is 2.33. The minimum atomic E-state index is -0.851. The molecule has 0 unspecified atom stereocenters. The molecule has 0 bridgehead atoms. The molecule has 0 spiro atoms.